The molecule has 0 bridgehead atoms. The van der Waals surface area contributed by atoms with E-state index in [-0.39, 0.29) is 29.8 Å². The molecule has 0 radical (unpaired) electrons. The van der Waals surface area contributed by atoms with Crippen molar-refractivity contribution in [3.8, 4) is 5.75 Å². The maximum atomic E-state index is 13.6. The van der Waals surface area contributed by atoms with Gasteiger partial charge in [-0.1, -0.05) is 30.3 Å². The van der Waals surface area contributed by atoms with Gasteiger partial charge in [0.25, 0.3) is 5.91 Å². The molecule has 0 spiro atoms. The predicted molar refractivity (Wildman–Crippen MR) is 143 cm³/mol. The topological polar surface area (TPSA) is 96.0 Å². The van der Waals surface area contributed by atoms with Crippen LogP contribution >= 0.6 is 0 Å². The monoisotopic (exact) mass is 527 g/mol. The fourth-order valence-corrected chi connectivity index (χ4v) is 6.22. The number of piperidine rings is 1. The van der Waals surface area contributed by atoms with Crippen molar-refractivity contribution < 1.29 is 22.7 Å². The van der Waals surface area contributed by atoms with Crippen molar-refractivity contribution in [1.29, 1.82) is 0 Å². The van der Waals surface area contributed by atoms with Crippen molar-refractivity contribution in [3.05, 3.63) is 65.7 Å². The summed E-state index contributed by atoms with van der Waals surface area (Å²) in [5, 5.41) is 3.20. The molecule has 1 aliphatic heterocycles. The van der Waals surface area contributed by atoms with Gasteiger partial charge in [0, 0.05) is 43.2 Å². The Bertz CT molecular complexity index is 1150. The highest BCUT2D eigenvalue weighted by Crippen LogP contribution is 2.28. The normalized spacial score (nSPS) is 21.2. The SMILES string of the molecule is COc1ccc(C(=O)N(Cc2ccccc2)C2CCC(NC(=O)C3CCN(S(C)(=O)=O)CC3)CC2)cc1. The van der Waals surface area contributed by atoms with Gasteiger partial charge in [0.1, 0.15) is 5.75 Å². The second-order valence-electron chi connectivity index (χ2n) is 10.1. The second-order valence-corrected chi connectivity index (χ2v) is 12.1. The molecule has 1 saturated carbocycles. The Balaban J connectivity index is 1.36. The zero-order valence-corrected chi connectivity index (χ0v) is 22.5. The largest absolute Gasteiger partial charge is 0.497 e. The molecule has 1 N–H and O–H groups in total. The van der Waals surface area contributed by atoms with Crippen LogP contribution in [0.5, 0.6) is 5.75 Å². The number of ether oxygens (including phenoxy) is 1. The number of carbonyl (C=O) groups is 2. The van der Waals surface area contributed by atoms with E-state index >= 15 is 0 Å². The maximum absolute atomic E-state index is 13.6. The van der Waals surface area contributed by atoms with Crippen LogP contribution in [-0.2, 0) is 21.4 Å². The number of benzene rings is 2. The molecule has 9 heteroatoms. The summed E-state index contributed by atoms with van der Waals surface area (Å²) >= 11 is 0. The van der Waals surface area contributed by atoms with Crippen LogP contribution in [0.25, 0.3) is 0 Å². The van der Waals surface area contributed by atoms with Crippen molar-refractivity contribution in [1.82, 2.24) is 14.5 Å². The van der Waals surface area contributed by atoms with Gasteiger partial charge in [-0.2, -0.15) is 0 Å². The van der Waals surface area contributed by atoms with Gasteiger partial charge in [-0.25, -0.2) is 12.7 Å². The summed E-state index contributed by atoms with van der Waals surface area (Å²) in [5.74, 6) is 0.579. The summed E-state index contributed by atoms with van der Waals surface area (Å²) < 4.78 is 30.2. The van der Waals surface area contributed by atoms with Gasteiger partial charge in [0.05, 0.1) is 13.4 Å². The zero-order valence-electron chi connectivity index (χ0n) is 21.6. The maximum Gasteiger partial charge on any atom is 0.254 e. The van der Waals surface area contributed by atoms with Crippen molar-refractivity contribution in [2.24, 2.45) is 5.92 Å². The summed E-state index contributed by atoms with van der Waals surface area (Å²) in [6, 6.07) is 17.4. The average molecular weight is 528 g/mol. The standard InChI is InChI=1S/C28H37N3O5S/c1-36-26-14-8-23(9-15-26)28(33)31(20-21-6-4-3-5-7-21)25-12-10-24(11-13-25)29-27(32)22-16-18-30(19-17-22)37(2,34)35/h3-9,14-15,22,24-25H,10-13,16-20H2,1-2H3,(H,29,32). The number of methoxy groups -OCH3 is 1. The van der Waals surface area contributed by atoms with Crippen LogP contribution in [0.1, 0.15) is 54.4 Å². The highest BCUT2D eigenvalue weighted by molar-refractivity contribution is 7.88. The fraction of sp³-hybridized carbons (Fsp3) is 0.500. The molecule has 0 aromatic heterocycles. The first kappa shape index (κ1) is 27.1. The third kappa shape index (κ3) is 7.11. The molecule has 1 heterocycles. The van der Waals surface area contributed by atoms with Crippen molar-refractivity contribution in [2.45, 2.75) is 57.2 Å². The lowest BCUT2D eigenvalue weighted by Crippen LogP contribution is -2.48. The smallest absolute Gasteiger partial charge is 0.254 e. The van der Waals surface area contributed by atoms with Gasteiger partial charge in [-0.3, -0.25) is 9.59 Å². The van der Waals surface area contributed by atoms with E-state index in [1.165, 1.54) is 10.6 Å². The van der Waals surface area contributed by atoms with Crippen molar-refractivity contribution >= 4 is 21.8 Å². The summed E-state index contributed by atoms with van der Waals surface area (Å²) in [5.41, 5.74) is 1.72. The van der Waals surface area contributed by atoms with Crippen LogP contribution in [0.3, 0.4) is 0 Å². The van der Waals surface area contributed by atoms with Crippen LogP contribution < -0.4 is 10.1 Å². The molecule has 1 saturated heterocycles. The Kier molecular flexibility index (Phi) is 8.87. The van der Waals surface area contributed by atoms with Crippen LogP contribution in [0, 0.1) is 5.92 Å². The van der Waals surface area contributed by atoms with E-state index < -0.39 is 10.0 Å². The summed E-state index contributed by atoms with van der Waals surface area (Å²) in [6.07, 6.45) is 5.55. The molecule has 4 rings (SSSR count). The third-order valence-electron chi connectivity index (χ3n) is 7.57. The number of nitrogens with zero attached hydrogens (tertiary/aromatic N) is 2. The number of amides is 2. The Labute approximate surface area is 220 Å². The lowest BCUT2D eigenvalue weighted by atomic mass is 9.88. The number of hydrogen-bond acceptors (Lipinski definition) is 5. The molecule has 8 nitrogen and oxygen atoms in total. The van der Waals surface area contributed by atoms with E-state index in [4.69, 9.17) is 4.74 Å². The molecular weight excluding hydrogens is 490 g/mol. The molecule has 37 heavy (non-hydrogen) atoms. The van der Waals surface area contributed by atoms with Crippen LogP contribution in [0.15, 0.2) is 54.6 Å². The summed E-state index contributed by atoms with van der Waals surface area (Å²) in [6.45, 7) is 1.32. The highest BCUT2D eigenvalue weighted by Gasteiger charge is 2.33. The molecule has 2 aromatic carbocycles. The second kappa shape index (κ2) is 12.1. The number of nitrogens with one attached hydrogen (secondary N) is 1. The van der Waals surface area contributed by atoms with Gasteiger partial charge < -0.3 is 15.0 Å². The highest BCUT2D eigenvalue weighted by atomic mass is 32.2. The average Bonchev–Trinajstić information content (AvgIpc) is 2.92. The number of sulfonamides is 1. The van der Waals surface area contributed by atoms with Gasteiger partial charge in [-0.05, 0) is 68.4 Å². The van der Waals surface area contributed by atoms with E-state index in [1.54, 1.807) is 31.4 Å². The van der Waals surface area contributed by atoms with Gasteiger partial charge in [0.2, 0.25) is 15.9 Å². The first-order chi connectivity index (χ1) is 17.7. The minimum absolute atomic E-state index is 0.00312. The van der Waals surface area contributed by atoms with E-state index in [9.17, 15) is 18.0 Å². The van der Waals surface area contributed by atoms with Gasteiger partial charge in [-0.15, -0.1) is 0 Å². The molecule has 0 atom stereocenters. The van der Waals surface area contributed by atoms with Gasteiger partial charge >= 0.3 is 0 Å². The molecule has 200 valence electrons. The predicted octanol–water partition coefficient (Wildman–Crippen LogP) is 3.44. The lowest BCUT2D eigenvalue weighted by Gasteiger charge is -2.38. The third-order valence-corrected chi connectivity index (χ3v) is 8.87. The molecule has 2 amide bonds. The van der Waals surface area contributed by atoms with Crippen LogP contribution in [-0.4, -0.2) is 68.0 Å². The number of carbonyl (C=O) groups excluding carboxylic acids is 2. The fourth-order valence-electron chi connectivity index (χ4n) is 5.35. The summed E-state index contributed by atoms with van der Waals surface area (Å²) in [4.78, 5) is 28.4. The molecule has 2 aromatic rings. The first-order valence-corrected chi connectivity index (χ1v) is 14.8. The van der Waals surface area contributed by atoms with Crippen LogP contribution in [0.4, 0.5) is 0 Å². The Hall–Kier alpha value is -2.91. The molecule has 2 fully saturated rings. The minimum Gasteiger partial charge on any atom is -0.497 e. The minimum atomic E-state index is -3.21. The Morgan fingerprint density at radius 1 is 0.946 bits per heavy atom. The van der Waals surface area contributed by atoms with E-state index in [2.05, 4.69) is 5.32 Å². The van der Waals surface area contributed by atoms with Gasteiger partial charge in [0.15, 0.2) is 0 Å². The first-order valence-electron chi connectivity index (χ1n) is 13.0. The van der Waals surface area contributed by atoms with E-state index in [0.717, 1.165) is 31.2 Å². The van der Waals surface area contributed by atoms with Crippen LogP contribution in [0.2, 0.25) is 0 Å². The van der Waals surface area contributed by atoms with Crippen molar-refractivity contribution in [2.75, 3.05) is 26.5 Å². The lowest BCUT2D eigenvalue weighted by molar-refractivity contribution is -0.127. The van der Waals surface area contributed by atoms with E-state index in [0.29, 0.717) is 43.8 Å². The number of rotatable bonds is 8. The Morgan fingerprint density at radius 3 is 2.14 bits per heavy atom. The number of hydrogen-bond donors (Lipinski definition) is 1. The quantitative estimate of drug-likeness (QED) is 0.568. The van der Waals surface area contributed by atoms with Crippen molar-refractivity contribution in [3.63, 3.8) is 0 Å². The molecule has 2 aliphatic rings. The van der Waals surface area contributed by atoms with E-state index in [1.807, 2.05) is 35.2 Å². The Morgan fingerprint density at radius 2 is 1.57 bits per heavy atom. The molecular formula is C28H37N3O5S. The molecule has 1 aliphatic carbocycles. The summed E-state index contributed by atoms with van der Waals surface area (Å²) in [7, 11) is -1.60. The molecule has 0 unspecified atom stereocenters. The zero-order chi connectivity index (χ0) is 26.4.